The van der Waals surface area contributed by atoms with E-state index in [4.69, 9.17) is 14.3 Å². The zero-order valence-corrected chi connectivity index (χ0v) is 21.2. The standard InChI is InChI=1S/C30H34FNO4/c1-30(2,3)29(33)36-32-16-14-24(15-17-32)25-18-26(31)28(35-21-23-12-8-5-9-13-23)19-27(25)34-20-22-10-6-4-7-11-22/h4-13,18-19,24H,14-17,20-21H2,1-3H3. The summed E-state index contributed by atoms with van der Waals surface area (Å²) in [5.41, 5.74) is 2.25. The Hall–Kier alpha value is -3.38. The molecule has 3 aromatic carbocycles. The molecule has 3 aromatic rings. The van der Waals surface area contributed by atoms with Crippen molar-refractivity contribution in [3.05, 3.63) is 95.3 Å². The molecule has 36 heavy (non-hydrogen) atoms. The predicted octanol–water partition coefficient (Wildman–Crippen LogP) is 6.67. The molecule has 6 heteroatoms. The number of hydroxylamine groups is 2. The van der Waals surface area contributed by atoms with Crippen LogP contribution in [0.2, 0.25) is 0 Å². The second-order valence-electron chi connectivity index (χ2n) is 10.2. The zero-order valence-electron chi connectivity index (χ0n) is 21.2. The lowest BCUT2D eigenvalue weighted by Crippen LogP contribution is -2.38. The van der Waals surface area contributed by atoms with Gasteiger partial charge in [0.25, 0.3) is 0 Å². The van der Waals surface area contributed by atoms with E-state index in [1.165, 1.54) is 0 Å². The minimum absolute atomic E-state index is 0.0815. The smallest absolute Gasteiger partial charge is 0.330 e. The molecular formula is C30H34FNO4. The summed E-state index contributed by atoms with van der Waals surface area (Å²) in [6.45, 7) is 7.32. The van der Waals surface area contributed by atoms with Gasteiger partial charge in [0.1, 0.15) is 19.0 Å². The number of carbonyl (C=O) groups is 1. The van der Waals surface area contributed by atoms with Gasteiger partial charge in [-0.2, -0.15) is 0 Å². The minimum Gasteiger partial charge on any atom is -0.488 e. The molecule has 0 aliphatic carbocycles. The molecule has 4 rings (SSSR count). The maximum Gasteiger partial charge on any atom is 0.330 e. The molecule has 0 spiro atoms. The first-order valence-electron chi connectivity index (χ1n) is 12.4. The topological polar surface area (TPSA) is 48.0 Å². The first-order valence-corrected chi connectivity index (χ1v) is 12.4. The Kier molecular flexibility index (Phi) is 8.26. The third-order valence-corrected chi connectivity index (χ3v) is 6.26. The van der Waals surface area contributed by atoms with Gasteiger partial charge in [0.2, 0.25) is 0 Å². The zero-order chi connectivity index (χ0) is 25.5. The number of nitrogens with zero attached hydrogens (tertiary/aromatic N) is 1. The fourth-order valence-corrected chi connectivity index (χ4v) is 4.09. The van der Waals surface area contributed by atoms with Crippen LogP contribution >= 0.6 is 0 Å². The summed E-state index contributed by atoms with van der Waals surface area (Å²) in [6, 6.07) is 22.8. The number of rotatable bonds is 8. The van der Waals surface area contributed by atoms with Crippen molar-refractivity contribution in [2.75, 3.05) is 13.1 Å². The molecule has 1 saturated heterocycles. The van der Waals surface area contributed by atoms with E-state index in [0.717, 1.165) is 29.5 Å². The normalized spacial score (nSPS) is 14.9. The second kappa shape index (κ2) is 11.6. The molecule has 0 N–H and O–H groups in total. The molecule has 0 atom stereocenters. The van der Waals surface area contributed by atoms with Crippen molar-refractivity contribution in [1.82, 2.24) is 5.06 Å². The quantitative estimate of drug-likeness (QED) is 0.352. The van der Waals surface area contributed by atoms with E-state index >= 15 is 4.39 Å². The third kappa shape index (κ3) is 6.85. The summed E-state index contributed by atoms with van der Waals surface area (Å²) in [6.07, 6.45) is 1.45. The number of hydrogen-bond acceptors (Lipinski definition) is 5. The number of benzene rings is 3. The maximum absolute atomic E-state index is 15.2. The number of halogens is 1. The van der Waals surface area contributed by atoms with E-state index in [0.29, 0.717) is 25.4 Å². The van der Waals surface area contributed by atoms with Gasteiger partial charge in [0.05, 0.1) is 5.41 Å². The average molecular weight is 492 g/mol. The molecule has 0 radical (unpaired) electrons. The van der Waals surface area contributed by atoms with E-state index in [-0.39, 0.29) is 24.2 Å². The van der Waals surface area contributed by atoms with Crippen molar-refractivity contribution in [2.24, 2.45) is 5.41 Å². The molecule has 0 amide bonds. The molecule has 0 aromatic heterocycles. The summed E-state index contributed by atoms with van der Waals surface area (Å²) in [5.74, 6) is 0.210. The fraction of sp³-hybridized carbons (Fsp3) is 0.367. The van der Waals surface area contributed by atoms with E-state index < -0.39 is 11.2 Å². The Morgan fingerprint density at radius 3 is 1.92 bits per heavy atom. The van der Waals surface area contributed by atoms with Crippen LogP contribution in [0.5, 0.6) is 11.5 Å². The van der Waals surface area contributed by atoms with Crippen LogP contribution in [0.3, 0.4) is 0 Å². The fourth-order valence-electron chi connectivity index (χ4n) is 4.09. The third-order valence-electron chi connectivity index (χ3n) is 6.26. The van der Waals surface area contributed by atoms with Gasteiger partial charge < -0.3 is 14.3 Å². The molecule has 0 unspecified atom stereocenters. The molecule has 0 saturated carbocycles. The first kappa shape index (κ1) is 25.7. The van der Waals surface area contributed by atoms with Crippen LogP contribution in [0.4, 0.5) is 4.39 Å². The van der Waals surface area contributed by atoms with Gasteiger partial charge in [-0.25, -0.2) is 9.18 Å². The van der Waals surface area contributed by atoms with Crippen molar-refractivity contribution < 1.29 is 23.5 Å². The number of hydrogen-bond donors (Lipinski definition) is 0. The van der Waals surface area contributed by atoms with E-state index in [2.05, 4.69) is 0 Å². The highest BCUT2D eigenvalue weighted by atomic mass is 19.1. The second-order valence-corrected chi connectivity index (χ2v) is 10.2. The summed E-state index contributed by atoms with van der Waals surface area (Å²) < 4.78 is 27.2. The average Bonchev–Trinajstić information content (AvgIpc) is 2.88. The first-order chi connectivity index (χ1) is 17.3. The van der Waals surface area contributed by atoms with Crippen LogP contribution in [0.25, 0.3) is 0 Å². The highest BCUT2D eigenvalue weighted by Crippen LogP contribution is 2.39. The van der Waals surface area contributed by atoms with Gasteiger partial charge in [-0.15, -0.1) is 5.06 Å². The predicted molar refractivity (Wildman–Crippen MR) is 137 cm³/mol. The van der Waals surface area contributed by atoms with E-state index in [9.17, 15) is 4.79 Å². The van der Waals surface area contributed by atoms with E-state index in [1.807, 2.05) is 81.4 Å². The summed E-state index contributed by atoms with van der Waals surface area (Å²) >= 11 is 0. The van der Waals surface area contributed by atoms with Gasteiger partial charge in [-0.3, -0.25) is 0 Å². The van der Waals surface area contributed by atoms with E-state index in [1.54, 1.807) is 17.2 Å². The summed E-state index contributed by atoms with van der Waals surface area (Å²) in [5, 5.41) is 1.71. The minimum atomic E-state index is -0.562. The molecule has 1 aliphatic heterocycles. The molecule has 190 valence electrons. The number of piperidine rings is 1. The molecule has 0 bridgehead atoms. The van der Waals surface area contributed by atoms with Gasteiger partial charge >= 0.3 is 5.97 Å². The Morgan fingerprint density at radius 1 is 0.861 bits per heavy atom. The number of ether oxygens (including phenoxy) is 2. The Morgan fingerprint density at radius 2 is 1.39 bits per heavy atom. The van der Waals surface area contributed by atoms with Crippen molar-refractivity contribution in [1.29, 1.82) is 0 Å². The lowest BCUT2D eigenvalue weighted by molar-refractivity contribution is -0.204. The van der Waals surface area contributed by atoms with Crippen molar-refractivity contribution in [3.8, 4) is 11.5 Å². The van der Waals surface area contributed by atoms with Gasteiger partial charge in [-0.05, 0) is 56.7 Å². The lowest BCUT2D eigenvalue weighted by Gasteiger charge is -2.33. The molecule has 5 nitrogen and oxygen atoms in total. The SMILES string of the molecule is CC(C)(C)C(=O)ON1CCC(c2cc(F)c(OCc3ccccc3)cc2OCc2ccccc2)CC1. The van der Waals surface area contributed by atoms with Gasteiger partial charge in [-0.1, -0.05) is 60.7 Å². The lowest BCUT2D eigenvalue weighted by atomic mass is 9.89. The molecule has 1 aliphatic rings. The Bertz CT molecular complexity index is 1140. The summed E-state index contributed by atoms with van der Waals surface area (Å²) in [4.78, 5) is 17.8. The highest BCUT2D eigenvalue weighted by Gasteiger charge is 2.30. The number of carbonyl (C=O) groups excluding carboxylic acids is 1. The summed E-state index contributed by atoms with van der Waals surface area (Å²) in [7, 11) is 0. The largest absolute Gasteiger partial charge is 0.488 e. The van der Waals surface area contributed by atoms with Crippen LogP contribution in [-0.4, -0.2) is 24.1 Å². The molecule has 1 fully saturated rings. The van der Waals surface area contributed by atoms with Crippen LogP contribution in [-0.2, 0) is 22.8 Å². The van der Waals surface area contributed by atoms with Crippen molar-refractivity contribution >= 4 is 5.97 Å². The van der Waals surface area contributed by atoms with Crippen molar-refractivity contribution in [2.45, 2.75) is 52.7 Å². The molecular weight excluding hydrogens is 457 g/mol. The van der Waals surface area contributed by atoms with Gasteiger partial charge in [0, 0.05) is 24.7 Å². The monoisotopic (exact) mass is 491 g/mol. The van der Waals surface area contributed by atoms with Crippen LogP contribution in [0, 0.1) is 11.2 Å². The van der Waals surface area contributed by atoms with Crippen LogP contribution in [0.1, 0.15) is 56.2 Å². The van der Waals surface area contributed by atoms with Crippen LogP contribution in [0.15, 0.2) is 72.8 Å². The van der Waals surface area contributed by atoms with Gasteiger partial charge in [0.15, 0.2) is 11.6 Å². The van der Waals surface area contributed by atoms with Crippen LogP contribution < -0.4 is 9.47 Å². The molecule has 1 heterocycles. The Balaban J connectivity index is 1.50. The van der Waals surface area contributed by atoms with Crippen molar-refractivity contribution in [3.63, 3.8) is 0 Å². The Labute approximate surface area is 212 Å². The highest BCUT2D eigenvalue weighted by molar-refractivity contribution is 5.75. The maximum atomic E-state index is 15.2.